The van der Waals surface area contributed by atoms with Crippen molar-refractivity contribution < 1.29 is 0 Å². The Kier molecular flexibility index (Phi) is 3.62. The van der Waals surface area contributed by atoms with Gasteiger partial charge in [-0.05, 0) is 31.5 Å². The molecule has 0 spiro atoms. The van der Waals surface area contributed by atoms with Crippen molar-refractivity contribution in [3.8, 4) is 6.07 Å². The van der Waals surface area contributed by atoms with E-state index in [1.54, 1.807) is 19.3 Å². The third kappa shape index (κ3) is 2.80. The van der Waals surface area contributed by atoms with Crippen molar-refractivity contribution in [1.29, 1.82) is 5.26 Å². The van der Waals surface area contributed by atoms with E-state index in [1.165, 1.54) is 0 Å². The van der Waals surface area contributed by atoms with Gasteiger partial charge < -0.3 is 10.6 Å². The molecule has 19 heavy (non-hydrogen) atoms. The van der Waals surface area contributed by atoms with Crippen molar-refractivity contribution in [2.24, 2.45) is 0 Å². The van der Waals surface area contributed by atoms with Crippen LogP contribution in [0.15, 0.2) is 24.4 Å². The highest BCUT2D eigenvalue weighted by Crippen LogP contribution is 2.23. The third-order valence-corrected chi connectivity index (χ3v) is 2.82. The van der Waals surface area contributed by atoms with Gasteiger partial charge in [0.15, 0.2) is 0 Å². The Hall–Kier alpha value is -2.61. The molecule has 0 radical (unpaired) electrons. The van der Waals surface area contributed by atoms with Gasteiger partial charge in [0, 0.05) is 24.5 Å². The Morgan fingerprint density at radius 3 is 2.68 bits per heavy atom. The molecule has 2 N–H and O–H groups in total. The molecule has 1 aromatic heterocycles. The molecule has 0 aliphatic carbocycles. The van der Waals surface area contributed by atoms with E-state index in [9.17, 15) is 0 Å². The third-order valence-electron chi connectivity index (χ3n) is 2.82. The fourth-order valence-electron chi connectivity index (χ4n) is 1.64. The molecular formula is C14H15N5. The van der Waals surface area contributed by atoms with E-state index in [-0.39, 0.29) is 0 Å². The molecule has 0 atom stereocenters. The normalized spacial score (nSPS) is 9.79. The molecule has 0 amide bonds. The Bertz CT molecular complexity index is 643. The number of benzene rings is 1. The SMILES string of the molecule is CNc1ncc(C)c(Nc2cc(C#N)ccc2C)n1. The summed E-state index contributed by atoms with van der Waals surface area (Å²) >= 11 is 0. The van der Waals surface area contributed by atoms with Crippen LogP contribution in [0, 0.1) is 25.2 Å². The second-order valence-corrected chi connectivity index (χ2v) is 4.24. The largest absolute Gasteiger partial charge is 0.357 e. The summed E-state index contributed by atoms with van der Waals surface area (Å²) in [5.74, 6) is 1.29. The molecule has 0 aliphatic rings. The average molecular weight is 253 g/mol. The van der Waals surface area contributed by atoms with Gasteiger partial charge in [0.1, 0.15) is 5.82 Å². The highest BCUT2D eigenvalue weighted by Gasteiger charge is 2.06. The van der Waals surface area contributed by atoms with Crippen LogP contribution in [0.5, 0.6) is 0 Å². The zero-order chi connectivity index (χ0) is 13.8. The number of hydrogen-bond donors (Lipinski definition) is 2. The Morgan fingerprint density at radius 2 is 2.00 bits per heavy atom. The fraction of sp³-hybridized carbons (Fsp3) is 0.214. The molecule has 0 unspecified atom stereocenters. The Balaban J connectivity index is 2.38. The van der Waals surface area contributed by atoms with Crippen LogP contribution in [0.1, 0.15) is 16.7 Å². The molecule has 0 bridgehead atoms. The molecule has 5 heteroatoms. The summed E-state index contributed by atoms with van der Waals surface area (Å²) in [6.45, 7) is 3.92. The van der Waals surface area contributed by atoms with Gasteiger partial charge >= 0.3 is 0 Å². The van der Waals surface area contributed by atoms with Crippen LogP contribution in [0.2, 0.25) is 0 Å². The first-order valence-corrected chi connectivity index (χ1v) is 5.93. The van der Waals surface area contributed by atoms with Crippen molar-refractivity contribution in [3.63, 3.8) is 0 Å². The van der Waals surface area contributed by atoms with Crippen LogP contribution in [0.3, 0.4) is 0 Å². The van der Waals surface area contributed by atoms with Crippen molar-refractivity contribution >= 4 is 17.5 Å². The average Bonchev–Trinajstić information content (AvgIpc) is 2.43. The van der Waals surface area contributed by atoms with Gasteiger partial charge in [0.05, 0.1) is 11.6 Å². The molecule has 1 heterocycles. The van der Waals surface area contributed by atoms with Crippen LogP contribution < -0.4 is 10.6 Å². The quantitative estimate of drug-likeness (QED) is 0.879. The maximum absolute atomic E-state index is 8.94. The summed E-state index contributed by atoms with van der Waals surface area (Å²) in [5, 5.41) is 15.1. The second-order valence-electron chi connectivity index (χ2n) is 4.24. The number of nitrogens with one attached hydrogen (secondary N) is 2. The number of nitriles is 1. The maximum Gasteiger partial charge on any atom is 0.224 e. The molecular weight excluding hydrogens is 238 g/mol. The van der Waals surface area contributed by atoms with Gasteiger partial charge in [0.2, 0.25) is 5.95 Å². The summed E-state index contributed by atoms with van der Waals surface area (Å²) in [6, 6.07) is 7.66. The lowest BCUT2D eigenvalue weighted by Gasteiger charge is -2.12. The lowest BCUT2D eigenvalue weighted by atomic mass is 10.1. The zero-order valence-electron chi connectivity index (χ0n) is 11.2. The van der Waals surface area contributed by atoms with E-state index >= 15 is 0 Å². The number of rotatable bonds is 3. The molecule has 96 valence electrons. The van der Waals surface area contributed by atoms with E-state index in [0.717, 1.165) is 22.6 Å². The highest BCUT2D eigenvalue weighted by molar-refractivity contribution is 5.65. The van der Waals surface area contributed by atoms with Crippen LogP contribution in [-0.4, -0.2) is 17.0 Å². The lowest BCUT2D eigenvalue weighted by Crippen LogP contribution is -2.03. The number of aryl methyl sites for hydroxylation is 2. The van der Waals surface area contributed by atoms with Gasteiger partial charge in [-0.3, -0.25) is 0 Å². The standard InChI is InChI=1S/C14H15N5/c1-9-4-5-11(7-15)6-12(9)18-13-10(2)8-17-14(16-3)19-13/h4-6,8H,1-3H3,(H2,16,17,18,19). The van der Waals surface area contributed by atoms with Gasteiger partial charge in [-0.2, -0.15) is 10.2 Å². The first-order chi connectivity index (χ1) is 9.13. The van der Waals surface area contributed by atoms with Crippen molar-refractivity contribution in [2.45, 2.75) is 13.8 Å². The molecule has 1 aromatic carbocycles. The molecule has 0 saturated heterocycles. The molecule has 2 rings (SSSR count). The summed E-state index contributed by atoms with van der Waals surface area (Å²) in [6.07, 6.45) is 1.75. The van der Waals surface area contributed by atoms with E-state index in [2.05, 4.69) is 26.7 Å². The number of nitrogens with zero attached hydrogens (tertiary/aromatic N) is 3. The minimum absolute atomic E-state index is 0.558. The Morgan fingerprint density at radius 1 is 1.21 bits per heavy atom. The van der Waals surface area contributed by atoms with Crippen molar-refractivity contribution in [3.05, 3.63) is 41.1 Å². The van der Waals surface area contributed by atoms with Gasteiger partial charge in [-0.15, -0.1) is 0 Å². The predicted molar refractivity (Wildman–Crippen MR) is 75.5 cm³/mol. The fourth-order valence-corrected chi connectivity index (χ4v) is 1.64. The van der Waals surface area contributed by atoms with Gasteiger partial charge in [-0.25, -0.2) is 4.98 Å². The minimum atomic E-state index is 0.558. The minimum Gasteiger partial charge on any atom is -0.357 e. The van der Waals surface area contributed by atoms with Crippen LogP contribution >= 0.6 is 0 Å². The van der Waals surface area contributed by atoms with E-state index in [1.807, 2.05) is 26.0 Å². The van der Waals surface area contributed by atoms with Crippen molar-refractivity contribution in [1.82, 2.24) is 9.97 Å². The molecule has 0 saturated carbocycles. The van der Waals surface area contributed by atoms with Gasteiger partial charge in [0.25, 0.3) is 0 Å². The van der Waals surface area contributed by atoms with E-state index < -0.39 is 0 Å². The lowest BCUT2D eigenvalue weighted by molar-refractivity contribution is 1.12. The zero-order valence-corrected chi connectivity index (χ0v) is 11.2. The molecule has 2 aromatic rings. The Labute approximate surface area is 112 Å². The number of anilines is 3. The maximum atomic E-state index is 8.94. The monoisotopic (exact) mass is 253 g/mol. The number of hydrogen-bond acceptors (Lipinski definition) is 5. The summed E-state index contributed by atoms with van der Waals surface area (Å²) in [7, 11) is 1.77. The molecule has 5 nitrogen and oxygen atoms in total. The van der Waals surface area contributed by atoms with E-state index in [0.29, 0.717) is 11.5 Å². The topological polar surface area (TPSA) is 73.6 Å². The second kappa shape index (κ2) is 5.36. The van der Waals surface area contributed by atoms with Crippen molar-refractivity contribution in [2.75, 3.05) is 17.7 Å². The smallest absolute Gasteiger partial charge is 0.224 e. The first kappa shape index (κ1) is 12.8. The highest BCUT2D eigenvalue weighted by atomic mass is 15.1. The summed E-state index contributed by atoms with van der Waals surface area (Å²) < 4.78 is 0. The summed E-state index contributed by atoms with van der Waals surface area (Å²) in [4.78, 5) is 8.51. The number of aromatic nitrogens is 2. The summed E-state index contributed by atoms with van der Waals surface area (Å²) in [5.41, 5.74) is 3.50. The van der Waals surface area contributed by atoms with E-state index in [4.69, 9.17) is 5.26 Å². The van der Waals surface area contributed by atoms with Gasteiger partial charge in [-0.1, -0.05) is 6.07 Å². The first-order valence-electron chi connectivity index (χ1n) is 5.93. The van der Waals surface area contributed by atoms with Crippen LogP contribution in [0.4, 0.5) is 17.5 Å². The molecule has 0 fully saturated rings. The predicted octanol–water partition coefficient (Wildman–Crippen LogP) is 2.75. The van der Waals surface area contributed by atoms with Crippen LogP contribution in [0.25, 0.3) is 0 Å². The molecule has 0 aliphatic heterocycles. The van der Waals surface area contributed by atoms with Crippen LogP contribution in [-0.2, 0) is 0 Å².